The van der Waals surface area contributed by atoms with Crippen LogP contribution >= 0.6 is 0 Å². The normalized spacial score (nSPS) is 12.3. The third-order valence-corrected chi connectivity index (χ3v) is 3.03. The number of nitrogens with one attached hydrogen (secondary N) is 1. The van der Waals surface area contributed by atoms with Crippen molar-refractivity contribution in [3.8, 4) is 0 Å². The van der Waals surface area contributed by atoms with Crippen molar-refractivity contribution in [1.29, 1.82) is 0 Å². The average molecular weight is 264 g/mol. The molecule has 0 radical (unpaired) electrons. The fraction of sp³-hybridized carbons (Fsp3) is 0.533. The molecule has 1 unspecified atom stereocenters. The van der Waals surface area contributed by atoms with E-state index in [1.54, 1.807) is 31.0 Å². The molecular weight excluding hydrogens is 240 g/mol. The van der Waals surface area contributed by atoms with E-state index in [9.17, 15) is 9.90 Å². The van der Waals surface area contributed by atoms with Crippen molar-refractivity contribution in [1.82, 2.24) is 4.90 Å². The number of hydrogen-bond donors (Lipinski definition) is 2. The minimum Gasteiger partial charge on any atom is -0.389 e. The van der Waals surface area contributed by atoms with Crippen LogP contribution in [0.15, 0.2) is 24.3 Å². The Morgan fingerprint density at radius 3 is 2.32 bits per heavy atom. The number of amides is 2. The number of nitrogens with zero attached hydrogens (tertiary/aromatic N) is 1. The lowest BCUT2D eigenvalue weighted by Gasteiger charge is -2.19. The largest absolute Gasteiger partial charge is 0.389 e. The molecule has 2 amide bonds. The number of rotatable bonds is 5. The van der Waals surface area contributed by atoms with Gasteiger partial charge in [0.15, 0.2) is 0 Å². The zero-order chi connectivity index (χ0) is 14.4. The molecule has 0 aliphatic heterocycles. The lowest BCUT2D eigenvalue weighted by Crippen LogP contribution is -2.32. The maximum Gasteiger partial charge on any atom is 0.321 e. The Balaban J connectivity index is 2.51. The Bertz CT molecular complexity index is 399. The van der Waals surface area contributed by atoms with Gasteiger partial charge in [-0.1, -0.05) is 26.0 Å². The van der Waals surface area contributed by atoms with Gasteiger partial charge in [0.25, 0.3) is 0 Å². The molecule has 106 valence electrons. The van der Waals surface area contributed by atoms with Crippen LogP contribution in [0.1, 0.15) is 38.9 Å². The topological polar surface area (TPSA) is 52.6 Å². The van der Waals surface area contributed by atoms with Crippen molar-refractivity contribution in [2.45, 2.75) is 33.3 Å². The van der Waals surface area contributed by atoms with Crippen molar-refractivity contribution in [3.05, 3.63) is 29.8 Å². The summed E-state index contributed by atoms with van der Waals surface area (Å²) in [7, 11) is 1.79. The number of urea groups is 1. The molecule has 0 aliphatic carbocycles. The van der Waals surface area contributed by atoms with Gasteiger partial charge in [0.05, 0.1) is 6.10 Å². The molecule has 0 spiro atoms. The van der Waals surface area contributed by atoms with E-state index < -0.39 is 6.10 Å². The SMILES string of the molecule is CC(C)CCN(C)C(=O)Nc1ccc(C(C)O)cc1. The van der Waals surface area contributed by atoms with E-state index in [2.05, 4.69) is 19.2 Å². The molecule has 4 heteroatoms. The molecule has 0 saturated carbocycles. The highest BCUT2D eigenvalue weighted by Crippen LogP contribution is 2.15. The highest BCUT2D eigenvalue weighted by molar-refractivity contribution is 5.89. The van der Waals surface area contributed by atoms with Gasteiger partial charge in [0, 0.05) is 19.3 Å². The van der Waals surface area contributed by atoms with Crippen LogP contribution < -0.4 is 5.32 Å². The Morgan fingerprint density at radius 2 is 1.84 bits per heavy atom. The minimum atomic E-state index is -0.488. The van der Waals surface area contributed by atoms with Crippen LogP contribution in [0, 0.1) is 5.92 Å². The summed E-state index contributed by atoms with van der Waals surface area (Å²) in [5.41, 5.74) is 1.58. The second-order valence-corrected chi connectivity index (χ2v) is 5.33. The van der Waals surface area contributed by atoms with Crippen LogP contribution in [0.3, 0.4) is 0 Å². The van der Waals surface area contributed by atoms with Crippen molar-refractivity contribution in [3.63, 3.8) is 0 Å². The molecule has 1 rings (SSSR count). The molecule has 0 saturated heterocycles. The van der Waals surface area contributed by atoms with Gasteiger partial charge < -0.3 is 15.3 Å². The summed E-state index contributed by atoms with van der Waals surface area (Å²) < 4.78 is 0. The summed E-state index contributed by atoms with van der Waals surface area (Å²) in [4.78, 5) is 13.6. The zero-order valence-electron chi connectivity index (χ0n) is 12.2. The highest BCUT2D eigenvalue weighted by atomic mass is 16.3. The number of aliphatic hydroxyl groups is 1. The van der Waals surface area contributed by atoms with Crippen LogP contribution in [0.4, 0.5) is 10.5 Å². The van der Waals surface area contributed by atoms with Gasteiger partial charge in [-0.2, -0.15) is 0 Å². The first-order valence-electron chi connectivity index (χ1n) is 6.70. The van der Waals surface area contributed by atoms with Crippen LogP contribution in [0.5, 0.6) is 0 Å². The van der Waals surface area contributed by atoms with E-state index in [0.717, 1.165) is 24.2 Å². The Morgan fingerprint density at radius 1 is 1.26 bits per heavy atom. The Kier molecular flexibility index (Phi) is 5.83. The molecule has 1 aromatic rings. The molecule has 4 nitrogen and oxygen atoms in total. The lowest BCUT2D eigenvalue weighted by atomic mass is 10.1. The smallest absolute Gasteiger partial charge is 0.321 e. The van der Waals surface area contributed by atoms with Crippen LogP contribution in [0.2, 0.25) is 0 Å². The third kappa shape index (κ3) is 5.30. The molecule has 0 aliphatic rings. The maximum atomic E-state index is 11.9. The number of carbonyl (C=O) groups is 1. The highest BCUT2D eigenvalue weighted by Gasteiger charge is 2.09. The van der Waals surface area contributed by atoms with Gasteiger partial charge in [-0.05, 0) is 37.0 Å². The van der Waals surface area contributed by atoms with Gasteiger partial charge in [-0.15, -0.1) is 0 Å². The van der Waals surface area contributed by atoms with Crippen molar-refractivity contribution in [2.24, 2.45) is 5.92 Å². The third-order valence-electron chi connectivity index (χ3n) is 3.03. The standard InChI is InChI=1S/C15H24N2O2/c1-11(2)9-10-17(4)15(19)16-14-7-5-13(6-8-14)12(3)18/h5-8,11-12,18H,9-10H2,1-4H3,(H,16,19). The summed E-state index contributed by atoms with van der Waals surface area (Å²) in [6, 6.07) is 7.13. The van der Waals surface area contributed by atoms with Crippen molar-refractivity contribution < 1.29 is 9.90 Å². The second kappa shape index (κ2) is 7.14. The van der Waals surface area contributed by atoms with E-state index in [1.807, 2.05) is 12.1 Å². The molecule has 1 aromatic carbocycles. The number of aliphatic hydroxyl groups excluding tert-OH is 1. The fourth-order valence-electron chi connectivity index (χ4n) is 1.62. The van der Waals surface area contributed by atoms with Gasteiger partial charge >= 0.3 is 6.03 Å². The van der Waals surface area contributed by atoms with Gasteiger partial charge in [0.1, 0.15) is 0 Å². The molecule has 1 atom stereocenters. The number of benzene rings is 1. The number of anilines is 1. The van der Waals surface area contributed by atoms with Crippen LogP contribution in [0.25, 0.3) is 0 Å². The first kappa shape index (κ1) is 15.5. The van der Waals surface area contributed by atoms with Crippen molar-refractivity contribution in [2.75, 3.05) is 18.9 Å². The molecule has 0 aromatic heterocycles. The fourth-order valence-corrected chi connectivity index (χ4v) is 1.62. The monoisotopic (exact) mass is 264 g/mol. The summed E-state index contributed by atoms with van der Waals surface area (Å²) in [6.45, 7) is 6.74. The predicted molar refractivity (Wildman–Crippen MR) is 78.2 cm³/mol. The van der Waals surface area contributed by atoms with Gasteiger partial charge in [-0.25, -0.2) is 4.79 Å². The van der Waals surface area contributed by atoms with Gasteiger partial charge in [-0.3, -0.25) is 0 Å². The molecule has 0 fully saturated rings. The Hall–Kier alpha value is -1.55. The summed E-state index contributed by atoms with van der Waals surface area (Å²) in [6.07, 6.45) is 0.503. The zero-order valence-corrected chi connectivity index (χ0v) is 12.2. The van der Waals surface area contributed by atoms with Crippen molar-refractivity contribution >= 4 is 11.7 Å². The van der Waals surface area contributed by atoms with Crippen LogP contribution in [-0.4, -0.2) is 29.6 Å². The average Bonchev–Trinajstić information content (AvgIpc) is 2.36. The Labute approximate surface area is 115 Å². The predicted octanol–water partition coefficient (Wildman–Crippen LogP) is 3.25. The van der Waals surface area contributed by atoms with E-state index in [4.69, 9.17) is 0 Å². The van der Waals surface area contributed by atoms with E-state index in [0.29, 0.717) is 5.92 Å². The van der Waals surface area contributed by atoms with E-state index >= 15 is 0 Å². The first-order chi connectivity index (χ1) is 8.90. The molecule has 2 N–H and O–H groups in total. The maximum absolute atomic E-state index is 11.9. The first-order valence-corrected chi connectivity index (χ1v) is 6.70. The van der Waals surface area contributed by atoms with Crippen LogP contribution in [-0.2, 0) is 0 Å². The summed E-state index contributed by atoms with van der Waals surface area (Å²) in [5, 5.41) is 12.2. The molecule has 0 bridgehead atoms. The molecule has 19 heavy (non-hydrogen) atoms. The van der Waals surface area contributed by atoms with E-state index in [-0.39, 0.29) is 6.03 Å². The second-order valence-electron chi connectivity index (χ2n) is 5.33. The summed E-state index contributed by atoms with van der Waals surface area (Å²) >= 11 is 0. The number of carbonyl (C=O) groups excluding carboxylic acids is 1. The summed E-state index contributed by atoms with van der Waals surface area (Å²) in [5.74, 6) is 0.584. The molecule has 0 heterocycles. The van der Waals surface area contributed by atoms with E-state index in [1.165, 1.54) is 0 Å². The van der Waals surface area contributed by atoms with Gasteiger partial charge in [0.2, 0.25) is 0 Å². The molecular formula is C15H24N2O2. The minimum absolute atomic E-state index is 0.106. The quantitative estimate of drug-likeness (QED) is 0.857. The number of hydrogen-bond acceptors (Lipinski definition) is 2. The lowest BCUT2D eigenvalue weighted by molar-refractivity contribution is 0.199.